The highest BCUT2D eigenvalue weighted by Gasteiger charge is 2.20. The molecule has 0 saturated heterocycles. The molecule has 21 aromatic rings. The molecule has 15 aromatic carbocycles. The third kappa shape index (κ3) is 10.2. The van der Waals surface area contributed by atoms with Crippen molar-refractivity contribution in [2.45, 2.75) is 0 Å². The first-order valence-corrected chi connectivity index (χ1v) is 35.7. The molecule has 0 amide bonds. The number of rotatable bonds is 6. The number of aromatic nitrogens is 3. The van der Waals surface area contributed by atoms with E-state index in [0.717, 1.165) is 92.4 Å². The lowest BCUT2D eigenvalue weighted by Crippen LogP contribution is -1.92. The lowest BCUT2D eigenvalue weighted by Gasteiger charge is -2.08. The Balaban J connectivity index is 0.000000104. The molecule has 0 atom stereocenters. The van der Waals surface area contributed by atoms with Crippen LogP contribution in [0.4, 0.5) is 0 Å². The van der Waals surface area contributed by atoms with Gasteiger partial charge in [0.05, 0.1) is 38.1 Å². The van der Waals surface area contributed by atoms with Gasteiger partial charge in [-0.25, -0.2) is 0 Å². The van der Waals surface area contributed by atoms with Crippen LogP contribution in [0.1, 0.15) is 0 Å². The molecule has 0 saturated carbocycles. The molecule has 0 spiro atoms. The Bertz CT molecular complexity index is 6500. The van der Waals surface area contributed by atoms with E-state index in [1.54, 1.807) is 0 Å². The Labute approximate surface area is 591 Å². The summed E-state index contributed by atoms with van der Waals surface area (Å²) in [4.78, 5) is 0. The van der Waals surface area contributed by atoms with Gasteiger partial charge in [-0.05, 0) is 209 Å². The minimum absolute atomic E-state index is 0.742. The third-order valence-electron chi connectivity index (χ3n) is 19.4. The maximum absolute atomic E-state index is 6.75. The molecule has 0 bridgehead atoms. The fourth-order valence-electron chi connectivity index (χ4n) is 14.8. The van der Waals surface area contributed by atoms with Crippen LogP contribution in [0.2, 0.25) is 15.1 Å². The van der Waals surface area contributed by atoms with Gasteiger partial charge < -0.3 is 18.1 Å². The Kier molecular flexibility index (Phi) is 14.4. The fraction of sp³-hybridized carbons (Fsp3) is 0. The highest BCUT2D eigenvalue weighted by molar-refractivity contribution is 7.26. The van der Waals surface area contributed by atoms with Gasteiger partial charge in [0.15, 0.2) is 0 Å². The zero-order valence-corrected chi connectivity index (χ0v) is 56.8. The van der Waals surface area contributed by atoms with Crippen LogP contribution < -0.4 is 0 Å². The smallest absolute Gasteiger partial charge is 0.135 e. The monoisotopic (exact) mass is 1360 g/mol. The summed E-state index contributed by atoms with van der Waals surface area (Å²) in [5.41, 5.74) is 19.4. The minimum Gasteiger partial charge on any atom is -0.456 e. The van der Waals surface area contributed by atoms with E-state index in [1.165, 1.54) is 101 Å². The summed E-state index contributed by atoms with van der Waals surface area (Å²) in [6.07, 6.45) is 0. The summed E-state index contributed by atoms with van der Waals surface area (Å²) in [7, 11) is 0. The summed E-state index contributed by atoms with van der Waals surface area (Å²) in [5.74, 6) is 0. The predicted octanol–water partition coefficient (Wildman–Crippen LogP) is 27.9. The van der Waals surface area contributed by atoms with Crippen LogP contribution in [0, 0.1) is 0 Å². The number of halogens is 3. The number of para-hydroxylation sites is 4. The summed E-state index contributed by atoms with van der Waals surface area (Å²) >= 11 is 23.3. The van der Waals surface area contributed by atoms with Crippen LogP contribution in [0.25, 0.3) is 178 Å². The van der Waals surface area contributed by atoms with Crippen molar-refractivity contribution < 1.29 is 4.42 Å². The molecule has 0 aliphatic carbocycles. The van der Waals surface area contributed by atoms with Crippen LogP contribution in [-0.2, 0) is 0 Å². The number of hydrogen-bond donors (Lipinski definition) is 0. The van der Waals surface area contributed by atoms with Crippen LogP contribution in [-0.4, -0.2) is 13.7 Å². The first kappa shape index (κ1) is 59.1. The minimum atomic E-state index is 0.742. The summed E-state index contributed by atoms with van der Waals surface area (Å²) in [5, 5.41) is 16.8. The van der Waals surface area contributed by atoms with Crippen molar-refractivity contribution in [3.05, 3.63) is 343 Å². The van der Waals surface area contributed by atoms with E-state index < -0.39 is 0 Å². The first-order chi connectivity index (χ1) is 48.8. The second-order valence-corrected chi connectivity index (χ2v) is 28.5. The predicted molar refractivity (Wildman–Crippen MR) is 427 cm³/mol. The molecule has 0 aliphatic rings. The molecule has 6 heterocycles. The van der Waals surface area contributed by atoms with Crippen molar-refractivity contribution in [1.29, 1.82) is 0 Å². The summed E-state index contributed by atoms with van der Waals surface area (Å²) < 4.78 is 18.3. The van der Waals surface area contributed by atoms with Crippen molar-refractivity contribution in [2.24, 2.45) is 0 Å². The van der Waals surface area contributed by atoms with Gasteiger partial charge in [0.1, 0.15) is 11.2 Å². The molecular formula is C90H54Cl3N3OS2. The highest BCUT2D eigenvalue weighted by atomic mass is 35.5. The van der Waals surface area contributed by atoms with Crippen molar-refractivity contribution >= 4 is 185 Å². The van der Waals surface area contributed by atoms with Gasteiger partial charge in [0.25, 0.3) is 0 Å². The molecule has 21 rings (SSSR count). The quantitative estimate of drug-likeness (QED) is 0.163. The fourth-order valence-corrected chi connectivity index (χ4v) is 17.6. The third-order valence-corrected chi connectivity index (χ3v) is 22.5. The lowest BCUT2D eigenvalue weighted by atomic mass is 10.0. The van der Waals surface area contributed by atoms with E-state index in [1.807, 2.05) is 71.2 Å². The van der Waals surface area contributed by atoms with E-state index in [0.29, 0.717) is 0 Å². The van der Waals surface area contributed by atoms with Gasteiger partial charge >= 0.3 is 0 Å². The Morgan fingerprint density at radius 3 is 1.06 bits per heavy atom. The van der Waals surface area contributed by atoms with Gasteiger partial charge in [-0.3, -0.25) is 0 Å². The number of benzene rings is 15. The molecule has 0 aliphatic heterocycles. The van der Waals surface area contributed by atoms with Crippen molar-refractivity contribution in [2.75, 3.05) is 0 Å². The standard InChI is InChI=1S/C30H18ClNO.2C30H18ClNS/c31-21-12-14-28-25(18-21)24-16-19(10-13-27(24)32(28)22-6-2-1-3-7-22)20-11-15-30-26(17-20)23-8-4-5-9-29(23)33-30;31-25-10-6-11-27-30(25)24-18-19(13-15-26(24)32(27)21-7-2-1-3-8-21)20-14-16-29-23(17-20)22-9-4-5-12-28(22)33-29;31-21-12-14-28-25(18-21)24-16-19(10-13-27(24)32(28)22-6-2-1-3-7-22)20-11-15-30-26(17-20)23-8-4-5-9-29(23)33-30/h3*1-18H. The van der Waals surface area contributed by atoms with E-state index in [2.05, 4.69) is 293 Å². The Morgan fingerprint density at radius 2 is 0.566 bits per heavy atom. The van der Waals surface area contributed by atoms with E-state index >= 15 is 0 Å². The molecule has 0 fully saturated rings. The largest absolute Gasteiger partial charge is 0.456 e. The van der Waals surface area contributed by atoms with Gasteiger partial charge in [-0.1, -0.05) is 186 Å². The number of hydrogen-bond acceptors (Lipinski definition) is 3. The van der Waals surface area contributed by atoms with Crippen molar-refractivity contribution in [3.63, 3.8) is 0 Å². The van der Waals surface area contributed by atoms with E-state index in [-0.39, 0.29) is 0 Å². The zero-order chi connectivity index (χ0) is 65.8. The van der Waals surface area contributed by atoms with Crippen LogP contribution in [0.3, 0.4) is 0 Å². The maximum Gasteiger partial charge on any atom is 0.135 e. The molecule has 4 nitrogen and oxygen atoms in total. The number of nitrogens with zero attached hydrogens (tertiary/aromatic N) is 3. The number of furan rings is 1. The number of thiophene rings is 2. The number of fused-ring (bicyclic) bond motifs is 18. The van der Waals surface area contributed by atoms with Gasteiger partial charge in [0, 0.05) is 111 Å². The summed E-state index contributed by atoms with van der Waals surface area (Å²) in [6, 6.07) is 116. The maximum atomic E-state index is 6.75. The molecule has 6 aromatic heterocycles. The van der Waals surface area contributed by atoms with Crippen molar-refractivity contribution in [1.82, 2.24) is 13.7 Å². The van der Waals surface area contributed by atoms with Gasteiger partial charge in [-0.15, -0.1) is 22.7 Å². The Morgan fingerprint density at radius 1 is 0.222 bits per heavy atom. The van der Waals surface area contributed by atoms with E-state index in [9.17, 15) is 0 Å². The Hall–Kier alpha value is -11.2. The summed E-state index contributed by atoms with van der Waals surface area (Å²) in [6.45, 7) is 0. The van der Waals surface area contributed by atoms with Crippen molar-refractivity contribution in [3.8, 4) is 50.4 Å². The highest BCUT2D eigenvalue weighted by Crippen LogP contribution is 2.44. The zero-order valence-electron chi connectivity index (χ0n) is 52.9. The topological polar surface area (TPSA) is 27.9 Å². The van der Waals surface area contributed by atoms with Gasteiger partial charge in [0.2, 0.25) is 0 Å². The second-order valence-electron chi connectivity index (χ2n) is 25.1. The molecule has 0 unspecified atom stereocenters. The second kappa shape index (κ2) is 24.1. The molecule has 468 valence electrons. The molecule has 0 N–H and O–H groups in total. The average Bonchev–Trinajstić information content (AvgIpc) is 1.60. The van der Waals surface area contributed by atoms with Crippen LogP contribution in [0.15, 0.2) is 332 Å². The lowest BCUT2D eigenvalue weighted by molar-refractivity contribution is 0.669. The average molecular weight is 1360 g/mol. The molecular weight excluding hydrogens is 1310 g/mol. The molecule has 0 radical (unpaired) electrons. The van der Waals surface area contributed by atoms with Gasteiger partial charge in [-0.2, -0.15) is 0 Å². The van der Waals surface area contributed by atoms with E-state index in [4.69, 9.17) is 39.2 Å². The normalized spacial score (nSPS) is 11.8. The van der Waals surface area contributed by atoms with Crippen LogP contribution in [0.5, 0.6) is 0 Å². The van der Waals surface area contributed by atoms with Crippen LogP contribution >= 0.6 is 57.5 Å². The first-order valence-electron chi connectivity index (χ1n) is 32.9. The molecule has 99 heavy (non-hydrogen) atoms. The molecule has 9 heteroatoms. The SMILES string of the molecule is Clc1ccc2c(c1)c1cc(-c3ccc4oc5ccccc5c4c3)ccc1n2-c1ccccc1.Clc1ccc2c(c1)c1cc(-c3ccc4sc5ccccc5c4c3)ccc1n2-c1ccccc1.Clc1cccc2c1c1cc(-c3ccc4sc5ccccc5c4c3)ccc1n2-c1ccccc1.